The summed E-state index contributed by atoms with van der Waals surface area (Å²) in [6, 6.07) is 9.67. The summed E-state index contributed by atoms with van der Waals surface area (Å²) in [6.45, 7) is 0.366. The average molecular weight is 341 g/mol. The quantitative estimate of drug-likeness (QED) is 0.581. The molecule has 4 rings (SSSR count). The number of H-pyrrole nitrogens is 1. The van der Waals surface area contributed by atoms with Crippen molar-refractivity contribution >= 4 is 28.9 Å². The van der Waals surface area contributed by atoms with E-state index in [0.29, 0.717) is 29.0 Å². The SMILES string of the molecule is O=c1c2cc(F)ccc2n2c(=S)[nH]nc2n1CCc1ccccn1. The van der Waals surface area contributed by atoms with Crippen molar-refractivity contribution < 1.29 is 4.39 Å². The molecule has 24 heavy (non-hydrogen) atoms. The maximum atomic E-state index is 13.6. The van der Waals surface area contributed by atoms with E-state index in [2.05, 4.69) is 15.2 Å². The van der Waals surface area contributed by atoms with Crippen molar-refractivity contribution in [3.63, 3.8) is 0 Å². The van der Waals surface area contributed by atoms with Crippen LogP contribution in [0.1, 0.15) is 5.69 Å². The fourth-order valence-electron chi connectivity index (χ4n) is 2.77. The molecule has 0 saturated heterocycles. The van der Waals surface area contributed by atoms with Gasteiger partial charge in [0.1, 0.15) is 5.82 Å². The molecule has 0 saturated carbocycles. The lowest BCUT2D eigenvalue weighted by atomic mass is 10.2. The number of rotatable bonds is 3. The summed E-state index contributed by atoms with van der Waals surface area (Å²) in [5.74, 6) is -0.0646. The Morgan fingerprint density at radius 2 is 2.12 bits per heavy atom. The number of nitrogens with one attached hydrogen (secondary N) is 1. The maximum absolute atomic E-state index is 13.6. The van der Waals surface area contributed by atoms with Crippen molar-refractivity contribution in [2.75, 3.05) is 0 Å². The van der Waals surface area contributed by atoms with Crippen LogP contribution in [0.2, 0.25) is 0 Å². The molecule has 6 nitrogen and oxygen atoms in total. The van der Waals surface area contributed by atoms with E-state index in [1.165, 1.54) is 22.8 Å². The highest BCUT2D eigenvalue weighted by molar-refractivity contribution is 7.71. The smallest absolute Gasteiger partial charge is 0.262 e. The Balaban J connectivity index is 1.94. The van der Waals surface area contributed by atoms with Gasteiger partial charge in [0.25, 0.3) is 5.56 Å². The van der Waals surface area contributed by atoms with Crippen LogP contribution in [-0.2, 0) is 13.0 Å². The molecule has 1 N–H and O–H groups in total. The Hall–Kier alpha value is -2.87. The first-order chi connectivity index (χ1) is 11.6. The zero-order valence-corrected chi connectivity index (χ0v) is 13.3. The molecule has 3 heterocycles. The van der Waals surface area contributed by atoms with Crippen LogP contribution in [0.4, 0.5) is 4.39 Å². The number of aromatic nitrogens is 5. The molecular weight excluding hydrogens is 329 g/mol. The number of aryl methyl sites for hydroxylation is 2. The van der Waals surface area contributed by atoms with Gasteiger partial charge in [-0.05, 0) is 42.5 Å². The normalized spacial score (nSPS) is 11.4. The minimum Gasteiger partial charge on any atom is -0.276 e. The second-order valence-corrected chi connectivity index (χ2v) is 5.74. The largest absolute Gasteiger partial charge is 0.276 e. The van der Waals surface area contributed by atoms with Crippen molar-refractivity contribution in [3.05, 3.63) is 69.2 Å². The number of benzene rings is 1. The topological polar surface area (TPSA) is 68.0 Å². The Morgan fingerprint density at radius 3 is 2.92 bits per heavy atom. The summed E-state index contributed by atoms with van der Waals surface area (Å²) in [5.41, 5.74) is 1.09. The highest BCUT2D eigenvalue weighted by Crippen LogP contribution is 2.15. The van der Waals surface area contributed by atoms with Crippen LogP contribution in [0, 0.1) is 10.6 Å². The highest BCUT2D eigenvalue weighted by atomic mass is 32.1. The molecule has 0 radical (unpaired) electrons. The van der Waals surface area contributed by atoms with Gasteiger partial charge >= 0.3 is 0 Å². The molecule has 0 aliphatic rings. The molecule has 0 aliphatic heterocycles. The zero-order chi connectivity index (χ0) is 16.7. The lowest BCUT2D eigenvalue weighted by molar-refractivity contribution is 0.628. The van der Waals surface area contributed by atoms with Crippen LogP contribution in [0.15, 0.2) is 47.4 Å². The molecule has 0 spiro atoms. The first-order valence-corrected chi connectivity index (χ1v) is 7.75. The molecule has 0 atom stereocenters. The van der Waals surface area contributed by atoms with Gasteiger partial charge in [-0.15, -0.1) is 5.10 Å². The molecular formula is C16H12FN5OS. The lowest BCUT2D eigenvalue weighted by Gasteiger charge is -2.10. The molecule has 0 bridgehead atoms. The van der Waals surface area contributed by atoms with Gasteiger partial charge in [0.05, 0.1) is 10.9 Å². The van der Waals surface area contributed by atoms with Gasteiger partial charge in [0, 0.05) is 24.9 Å². The van der Waals surface area contributed by atoms with E-state index in [4.69, 9.17) is 12.2 Å². The van der Waals surface area contributed by atoms with E-state index >= 15 is 0 Å². The minimum atomic E-state index is -0.467. The summed E-state index contributed by atoms with van der Waals surface area (Å²) in [7, 11) is 0. The molecule has 1 aromatic carbocycles. The average Bonchev–Trinajstić information content (AvgIpc) is 2.97. The van der Waals surface area contributed by atoms with Crippen molar-refractivity contribution in [1.82, 2.24) is 24.1 Å². The lowest BCUT2D eigenvalue weighted by Crippen LogP contribution is -2.24. The van der Waals surface area contributed by atoms with E-state index in [1.54, 1.807) is 10.6 Å². The van der Waals surface area contributed by atoms with Crippen LogP contribution in [0.5, 0.6) is 0 Å². The number of hydrogen-bond donors (Lipinski definition) is 1. The van der Waals surface area contributed by atoms with Gasteiger partial charge in [-0.25, -0.2) is 9.49 Å². The number of pyridine rings is 1. The first kappa shape index (κ1) is 14.7. The number of aromatic amines is 1. The number of fused-ring (bicyclic) bond motifs is 3. The van der Waals surface area contributed by atoms with Gasteiger partial charge in [-0.3, -0.25) is 18.7 Å². The van der Waals surface area contributed by atoms with Crippen molar-refractivity contribution in [3.8, 4) is 0 Å². The Morgan fingerprint density at radius 1 is 1.25 bits per heavy atom. The van der Waals surface area contributed by atoms with Gasteiger partial charge in [0.15, 0.2) is 0 Å². The Bertz CT molecular complexity index is 1160. The van der Waals surface area contributed by atoms with Crippen molar-refractivity contribution in [1.29, 1.82) is 0 Å². The number of nitrogens with zero attached hydrogens (tertiary/aromatic N) is 4. The first-order valence-electron chi connectivity index (χ1n) is 7.34. The summed E-state index contributed by atoms with van der Waals surface area (Å²) in [5, 5.41) is 7.12. The minimum absolute atomic E-state index is 0.265. The van der Waals surface area contributed by atoms with E-state index in [1.807, 2.05) is 18.2 Å². The van der Waals surface area contributed by atoms with Crippen molar-refractivity contribution in [2.24, 2.45) is 0 Å². The molecule has 0 aliphatic carbocycles. The van der Waals surface area contributed by atoms with Crippen LogP contribution >= 0.6 is 12.2 Å². The maximum Gasteiger partial charge on any atom is 0.262 e. The number of hydrogen-bond acceptors (Lipinski definition) is 4. The molecule has 8 heteroatoms. The highest BCUT2D eigenvalue weighted by Gasteiger charge is 2.14. The third-order valence-corrected chi connectivity index (χ3v) is 4.16. The van der Waals surface area contributed by atoms with Gasteiger partial charge in [-0.1, -0.05) is 6.07 Å². The molecule has 4 aromatic rings. The summed E-state index contributed by atoms with van der Waals surface area (Å²) >= 11 is 5.25. The van der Waals surface area contributed by atoms with Gasteiger partial charge < -0.3 is 0 Å². The number of halogens is 1. The van der Waals surface area contributed by atoms with E-state index < -0.39 is 5.82 Å². The molecule has 0 unspecified atom stereocenters. The summed E-state index contributed by atoms with van der Waals surface area (Å²) in [6.07, 6.45) is 2.25. The standard InChI is InChI=1S/C16H12FN5OS/c17-10-4-5-13-12(9-10)14(23)21(15-19-20-16(24)22(13)15)8-6-11-3-1-2-7-18-11/h1-5,7,9H,6,8H2,(H,20,24). The Kier molecular flexibility index (Phi) is 3.46. The second kappa shape index (κ2) is 5.64. The van der Waals surface area contributed by atoms with Crippen LogP contribution in [0.25, 0.3) is 16.7 Å². The third-order valence-electron chi connectivity index (χ3n) is 3.89. The zero-order valence-electron chi connectivity index (χ0n) is 12.4. The van der Waals surface area contributed by atoms with E-state index in [0.717, 1.165) is 5.69 Å². The fourth-order valence-corrected chi connectivity index (χ4v) is 3.00. The van der Waals surface area contributed by atoms with Crippen LogP contribution < -0.4 is 5.56 Å². The monoisotopic (exact) mass is 341 g/mol. The third kappa shape index (κ3) is 2.31. The predicted molar refractivity (Wildman–Crippen MR) is 90.0 cm³/mol. The fraction of sp³-hybridized carbons (Fsp3) is 0.125. The Labute approximate surface area is 140 Å². The summed E-state index contributed by atoms with van der Waals surface area (Å²) < 4.78 is 17.1. The van der Waals surface area contributed by atoms with Gasteiger partial charge in [-0.2, -0.15) is 0 Å². The molecule has 120 valence electrons. The van der Waals surface area contributed by atoms with Gasteiger partial charge in [0.2, 0.25) is 10.5 Å². The predicted octanol–water partition coefficient (Wildman–Crippen LogP) is 2.48. The molecule has 3 aromatic heterocycles. The molecule has 0 fully saturated rings. The van der Waals surface area contributed by atoms with Crippen molar-refractivity contribution in [2.45, 2.75) is 13.0 Å². The van der Waals surface area contributed by atoms with Crippen LogP contribution in [-0.4, -0.2) is 24.1 Å². The van der Waals surface area contributed by atoms with E-state index in [9.17, 15) is 9.18 Å². The molecule has 0 amide bonds. The van der Waals surface area contributed by atoms with Crippen LogP contribution in [0.3, 0.4) is 0 Å². The second-order valence-electron chi connectivity index (χ2n) is 5.35. The summed E-state index contributed by atoms with van der Waals surface area (Å²) in [4.78, 5) is 17.1. The van der Waals surface area contributed by atoms with E-state index in [-0.39, 0.29) is 10.9 Å².